The molecule has 1 aliphatic rings. The molecule has 0 saturated carbocycles. The summed E-state index contributed by atoms with van der Waals surface area (Å²) in [7, 11) is 0. The lowest BCUT2D eigenvalue weighted by Gasteiger charge is -2.26. The van der Waals surface area contributed by atoms with E-state index in [1.165, 1.54) is 17.8 Å². The summed E-state index contributed by atoms with van der Waals surface area (Å²) in [6, 6.07) is 3.52. The second-order valence-corrected chi connectivity index (χ2v) is 5.69. The normalized spacial score (nSPS) is 17.4. The first-order valence-electron chi connectivity index (χ1n) is 6.36. The molecular weight excluding hydrogens is 289 g/mol. The Morgan fingerprint density at radius 1 is 1.25 bits per heavy atom. The molecule has 3 nitrogen and oxygen atoms in total. The van der Waals surface area contributed by atoms with Gasteiger partial charge in [0.1, 0.15) is 0 Å². The van der Waals surface area contributed by atoms with Gasteiger partial charge in [-0.2, -0.15) is 13.2 Å². The first kappa shape index (κ1) is 15.5. The molecule has 0 aliphatic carbocycles. The lowest BCUT2D eigenvalue weighted by Crippen LogP contribution is -2.37. The molecular formula is C13H17F3N2OS. The van der Waals surface area contributed by atoms with Gasteiger partial charge in [0.25, 0.3) is 0 Å². The minimum Gasteiger partial charge on any atom is -0.398 e. The molecule has 20 heavy (non-hydrogen) atoms. The van der Waals surface area contributed by atoms with E-state index in [1.54, 1.807) is 0 Å². The van der Waals surface area contributed by atoms with E-state index in [4.69, 9.17) is 10.5 Å². The van der Waals surface area contributed by atoms with E-state index in [9.17, 15) is 13.2 Å². The van der Waals surface area contributed by atoms with Gasteiger partial charge >= 0.3 is 6.18 Å². The van der Waals surface area contributed by atoms with Gasteiger partial charge in [-0.1, -0.05) is 0 Å². The van der Waals surface area contributed by atoms with E-state index in [-0.39, 0.29) is 5.69 Å². The van der Waals surface area contributed by atoms with Crippen LogP contribution in [0.5, 0.6) is 0 Å². The number of hydrogen-bond acceptors (Lipinski definition) is 4. The molecule has 1 aromatic rings. The van der Waals surface area contributed by atoms with E-state index < -0.39 is 11.7 Å². The number of benzene rings is 1. The first-order chi connectivity index (χ1) is 9.47. The van der Waals surface area contributed by atoms with Crippen molar-refractivity contribution < 1.29 is 17.9 Å². The molecule has 0 radical (unpaired) electrons. The maximum absolute atomic E-state index is 12.5. The first-order valence-corrected chi connectivity index (χ1v) is 7.35. The quantitative estimate of drug-likeness (QED) is 0.686. The topological polar surface area (TPSA) is 38.5 Å². The third-order valence-corrected chi connectivity index (χ3v) is 4.18. The molecule has 2 N–H and O–H groups in total. The predicted molar refractivity (Wildman–Crippen MR) is 73.8 cm³/mol. The predicted octanol–water partition coefficient (Wildman–Crippen LogP) is 2.71. The molecule has 1 saturated heterocycles. The standard InChI is InChI=1S/C13H17F3N2OS/c14-13(15,16)10-1-2-12(11(17)9-10)20-8-5-18-3-6-19-7-4-18/h1-2,9H,3-8,17H2. The van der Waals surface area contributed by atoms with Crippen molar-refractivity contribution in [3.05, 3.63) is 23.8 Å². The Kier molecular flexibility index (Phi) is 5.17. The van der Waals surface area contributed by atoms with Crippen LogP contribution in [0.2, 0.25) is 0 Å². The van der Waals surface area contributed by atoms with E-state index in [0.29, 0.717) is 4.90 Å². The molecule has 1 aliphatic heterocycles. The number of alkyl halides is 3. The number of thioether (sulfide) groups is 1. The summed E-state index contributed by atoms with van der Waals surface area (Å²) in [6.45, 7) is 4.18. The maximum Gasteiger partial charge on any atom is 0.416 e. The summed E-state index contributed by atoms with van der Waals surface area (Å²) in [4.78, 5) is 2.97. The van der Waals surface area contributed by atoms with Crippen molar-refractivity contribution in [3.8, 4) is 0 Å². The lowest BCUT2D eigenvalue weighted by molar-refractivity contribution is -0.137. The fourth-order valence-electron chi connectivity index (χ4n) is 1.97. The smallest absolute Gasteiger partial charge is 0.398 e. The van der Waals surface area contributed by atoms with Crippen LogP contribution in [0.3, 0.4) is 0 Å². The number of nitrogens with two attached hydrogens (primary N) is 1. The molecule has 1 fully saturated rings. The van der Waals surface area contributed by atoms with Gasteiger partial charge in [0.2, 0.25) is 0 Å². The van der Waals surface area contributed by atoms with Gasteiger partial charge in [-0.15, -0.1) is 11.8 Å². The van der Waals surface area contributed by atoms with Gasteiger partial charge in [0.05, 0.1) is 18.8 Å². The number of morpholine rings is 1. The molecule has 0 amide bonds. The SMILES string of the molecule is Nc1cc(C(F)(F)F)ccc1SCCN1CCOCC1. The number of nitrogens with zero attached hydrogens (tertiary/aromatic N) is 1. The summed E-state index contributed by atoms with van der Waals surface area (Å²) in [5, 5.41) is 0. The zero-order chi connectivity index (χ0) is 14.6. The number of nitrogen functional groups attached to an aromatic ring is 1. The molecule has 1 aromatic carbocycles. The monoisotopic (exact) mass is 306 g/mol. The Labute approximate surface area is 120 Å². The summed E-state index contributed by atoms with van der Waals surface area (Å²) in [6.07, 6.45) is -4.34. The highest BCUT2D eigenvalue weighted by atomic mass is 32.2. The van der Waals surface area contributed by atoms with Gasteiger partial charge < -0.3 is 10.5 Å². The summed E-state index contributed by atoms with van der Waals surface area (Å²) >= 11 is 1.49. The summed E-state index contributed by atoms with van der Waals surface area (Å²) in [5.41, 5.74) is 5.17. The second kappa shape index (κ2) is 6.69. The molecule has 1 heterocycles. The van der Waals surface area contributed by atoms with Crippen LogP contribution in [0.4, 0.5) is 18.9 Å². The number of ether oxygens (including phenoxy) is 1. The van der Waals surface area contributed by atoms with Gasteiger partial charge in [-0.3, -0.25) is 4.90 Å². The van der Waals surface area contributed by atoms with Crippen LogP contribution in [-0.2, 0) is 10.9 Å². The van der Waals surface area contributed by atoms with Crippen molar-refractivity contribution in [1.29, 1.82) is 0 Å². The van der Waals surface area contributed by atoms with Crippen molar-refractivity contribution in [1.82, 2.24) is 4.90 Å². The summed E-state index contributed by atoms with van der Waals surface area (Å²) in [5.74, 6) is 0.801. The van der Waals surface area contributed by atoms with Crippen molar-refractivity contribution in [3.63, 3.8) is 0 Å². The number of halogens is 3. The number of hydrogen-bond donors (Lipinski definition) is 1. The zero-order valence-electron chi connectivity index (χ0n) is 10.9. The largest absolute Gasteiger partial charge is 0.416 e. The third kappa shape index (κ3) is 4.29. The van der Waals surface area contributed by atoms with Crippen LogP contribution in [0.25, 0.3) is 0 Å². The van der Waals surface area contributed by atoms with Gasteiger partial charge in [-0.05, 0) is 18.2 Å². The number of anilines is 1. The van der Waals surface area contributed by atoms with Gasteiger partial charge in [0, 0.05) is 36.0 Å². The van der Waals surface area contributed by atoms with Gasteiger partial charge in [0.15, 0.2) is 0 Å². The average Bonchev–Trinajstić information content (AvgIpc) is 2.40. The highest BCUT2D eigenvalue weighted by Gasteiger charge is 2.30. The molecule has 2 rings (SSSR count). The molecule has 0 spiro atoms. The van der Waals surface area contributed by atoms with Crippen molar-refractivity contribution in [2.75, 3.05) is 44.3 Å². The molecule has 0 atom stereocenters. The van der Waals surface area contributed by atoms with E-state index in [2.05, 4.69) is 4.90 Å². The lowest BCUT2D eigenvalue weighted by atomic mass is 10.2. The highest BCUT2D eigenvalue weighted by molar-refractivity contribution is 7.99. The molecule has 0 aromatic heterocycles. The fourth-order valence-corrected chi connectivity index (χ4v) is 2.92. The van der Waals surface area contributed by atoms with E-state index in [0.717, 1.165) is 50.7 Å². The molecule has 0 unspecified atom stereocenters. The third-order valence-electron chi connectivity index (χ3n) is 3.11. The van der Waals surface area contributed by atoms with Crippen LogP contribution in [0.1, 0.15) is 5.56 Å². The molecule has 112 valence electrons. The minimum atomic E-state index is -4.34. The van der Waals surface area contributed by atoms with Crippen LogP contribution in [0, 0.1) is 0 Å². The zero-order valence-corrected chi connectivity index (χ0v) is 11.8. The fraction of sp³-hybridized carbons (Fsp3) is 0.538. The number of rotatable bonds is 4. The van der Waals surface area contributed by atoms with E-state index in [1.807, 2.05) is 0 Å². The van der Waals surface area contributed by atoms with Crippen molar-refractivity contribution >= 4 is 17.4 Å². The van der Waals surface area contributed by atoms with Crippen LogP contribution >= 0.6 is 11.8 Å². The Bertz CT molecular complexity index is 448. The molecule has 7 heteroatoms. The van der Waals surface area contributed by atoms with Crippen molar-refractivity contribution in [2.24, 2.45) is 0 Å². The highest BCUT2D eigenvalue weighted by Crippen LogP contribution is 2.34. The van der Waals surface area contributed by atoms with Gasteiger partial charge in [-0.25, -0.2) is 0 Å². The Hall–Kier alpha value is -0.920. The Morgan fingerprint density at radius 2 is 1.95 bits per heavy atom. The van der Waals surface area contributed by atoms with Crippen LogP contribution < -0.4 is 5.73 Å². The summed E-state index contributed by atoms with van der Waals surface area (Å²) < 4.78 is 42.8. The van der Waals surface area contributed by atoms with Crippen LogP contribution in [-0.4, -0.2) is 43.5 Å². The Balaban J connectivity index is 1.86. The Morgan fingerprint density at radius 3 is 2.55 bits per heavy atom. The second-order valence-electron chi connectivity index (χ2n) is 4.55. The minimum absolute atomic E-state index is 0.187. The van der Waals surface area contributed by atoms with Crippen molar-refractivity contribution in [2.45, 2.75) is 11.1 Å². The van der Waals surface area contributed by atoms with E-state index >= 15 is 0 Å². The van der Waals surface area contributed by atoms with Crippen LogP contribution in [0.15, 0.2) is 23.1 Å². The maximum atomic E-state index is 12.5. The molecule has 0 bridgehead atoms. The average molecular weight is 306 g/mol.